The Morgan fingerprint density at radius 1 is 0.640 bits per heavy atom. The fourth-order valence-corrected chi connectivity index (χ4v) is 7.47. The topological polar surface area (TPSA) is 57.2 Å². The predicted octanol–water partition coefficient (Wildman–Crippen LogP) is 11.3. The molecule has 4 rings (SSSR count). The minimum absolute atomic E-state index is 0.0115. The van der Waals surface area contributed by atoms with Gasteiger partial charge < -0.3 is 24.1 Å². The Hall–Kier alpha value is -2.52. The molecule has 9 heteroatoms. The molecule has 0 aliphatic heterocycles. The predicted molar refractivity (Wildman–Crippen MR) is 189 cm³/mol. The van der Waals surface area contributed by atoms with E-state index in [0.29, 0.717) is 43.1 Å². The number of hydrogen-bond acceptors (Lipinski definition) is 5. The third-order valence-electron chi connectivity index (χ3n) is 10.7. The first-order valence-electron chi connectivity index (χ1n) is 19.4. The van der Waals surface area contributed by atoms with Gasteiger partial charge in [-0.1, -0.05) is 51.5 Å². The largest absolute Gasteiger partial charge is 0.505 e. The van der Waals surface area contributed by atoms with Crippen molar-refractivity contribution in [3.8, 4) is 17.2 Å². The van der Waals surface area contributed by atoms with E-state index in [0.717, 1.165) is 95.8 Å². The van der Waals surface area contributed by atoms with E-state index in [1.165, 1.54) is 50.7 Å². The lowest BCUT2D eigenvalue weighted by Gasteiger charge is -2.28. The van der Waals surface area contributed by atoms with Gasteiger partial charge in [0.15, 0.2) is 23.1 Å². The first-order valence-corrected chi connectivity index (χ1v) is 19.4. The van der Waals surface area contributed by atoms with E-state index in [-0.39, 0.29) is 17.6 Å². The van der Waals surface area contributed by atoms with Crippen LogP contribution in [0, 0.1) is 41.0 Å². The van der Waals surface area contributed by atoms with Crippen LogP contribution in [0.25, 0.3) is 0 Å². The lowest BCUT2D eigenvalue weighted by Crippen LogP contribution is -2.25. The molecule has 0 heterocycles. The summed E-state index contributed by atoms with van der Waals surface area (Å²) in [7, 11) is 0. The van der Waals surface area contributed by atoms with Gasteiger partial charge in [-0.2, -0.15) is 13.2 Å². The molecule has 0 aromatic heterocycles. The van der Waals surface area contributed by atoms with Crippen molar-refractivity contribution in [3.63, 3.8) is 0 Å². The molecule has 0 saturated heterocycles. The molecule has 0 radical (unpaired) electrons. The molecule has 2 aromatic carbocycles. The van der Waals surface area contributed by atoms with Crippen LogP contribution in [-0.2, 0) is 15.9 Å². The van der Waals surface area contributed by atoms with Crippen LogP contribution < -0.4 is 9.47 Å². The summed E-state index contributed by atoms with van der Waals surface area (Å²) < 4.78 is 79.0. The molecule has 5 nitrogen and oxygen atoms in total. The summed E-state index contributed by atoms with van der Waals surface area (Å²) in [5, 5.41) is 9.25. The van der Waals surface area contributed by atoms with E-state index in [4.69, 9.17) is 18.9 Å². The third-order valence-corrected chi connectivity index (χ3v) is 10.7. The maximum atomic E-state index is 14.4. The highest BCUT2D eigenvalue weighted by Gasteiger charge is 2.24. The number of halogens is 4. The van der Waals surface area contributed by atoms with Gasteiger partial charge in [0.2, 0.25) is 17.5 Å². The number of hydrogen-bond donors (Lipinski definition) is 1. The Morgan fingerprint density at radius 2 is 1.18 bits per heavy atom. The zero-order valence-electron chi connectivity index (χ0n) is 30.3. The molecule has 2 aliphatic rings. The van der Waals surface area contributed by atoms with Gasteiger partial charge in [0.25, 0.3) is 0 Å². The molecule has 2 aromatic rings. The lowest BCUT2D eigenvalue weighted by molar-refractivity contribution is 0.0108. The number of phenols is 1. The van der Waals surface area contributed by atoms with Crippen LogP contribution in [0.1, 0.15) is 129 Å². The Morgan fingerprint density at radius 3 is 1.78 bits per heavy atom. The summed E-state index contributed by atoms with van der Waals surface area (Å²) in [6.07, 6.45) is 19.7. The van der Waals surface area contributed by atoms with Crippen molar-refractivity contribution in [2.24, 2.45) is 17.8 Å². The Kier molecular flexibility index (Phi) is 17.5. The van der Waals surface area contributed by atoms with Crippen LogP contribution in [0.4, 0.5) is 17.6 Å². The number of aromatic hydroxyl groups is 1. The highest BCUT2D eigenvalue weighted by molar-refractivity contribution is 5.34. The molecular weight excluding hydrogens is 648 g/mol. The Balaban J connectivity index is 0.922. The van der Waals surface area contributed by atoms with E-state index in [9.17, 15) is 22.7 Å². The van der Waals surface area contributed by atoms with E-state index in [1.807, 2.05) is 0 Å². The standard InChI is InChI=1S/C41H60F4O5/c1-3-47-36-24-18-32(38(42)40(36)44)17-12-30-13-19-33(20-14-30)48-26-8-4-6-10-29(2)11-7-5-9-27-49-34-21-15-31(16-22-34)28-50-37-25-23-35(46)39(43)41(37)45/h18,23-25,29-31,33-34,46H,3-17,19-22,26-28H2,1-2H3. The molecule has 2 saturated carbocycles. The van der Waals surface area contributed by atoms with Crippen LogP contribution in [0.2, 0.25) is 0 Å². The van der Waals surface area contributed by atoms with E-state index < -0.39 is 29.0 Å². The van der Waals surface area contributed by atoms with Crippen molar-refractivity contribution in [1.29, 1.82) is 0 Å². The summed E-state index contributed by atoms with van der Waals surface area (Å²) >= 11 is 0. The fourth-order valence-electron chi connectivity index (χ4n) is 7.47. The SMILES string of the molecule is CCOc1ccc(CCC2CCC(OCCCCCC(C)CCCCCOC3CCC(COc4ccc(O)c(F)c4F)CC3)CC2)c(F)c1F. The number of rotatable bonds is 22. The van der Waals surface area contributed by atoms with Crippen molar-refractivity contribution in [3.05, 3.63) is 53.1 Å². The molecule has 2 aliphatic carbocycles. The molecule has 1 N–H and O–H groups in total. The Bertz CT molecular complexity index is 1260. The van der Waals surface area contributed by atoms with Gasteiger partial charge in [-0.15, -0.1) is 0 Å². The summed E-state index contributed by atoms with van der Waals surface area (Å²) in [6, 6.07) is 5.57. The van der Waals surface area contributed by atoms with E-state index in [1.54, 1.807) is 13.0 Å². The molecule has 50 heavy (non-hydrogen) atoms. The Labute approximate surface area is 297 Å². The van der Waals surface area contributed by atoms with Crippen molar-refractivity contribution >= 4 is 0 Å². The van der Waals surface area contributed by atoms with Crippen molar-refractivity contribution < 1.29 is 41.6 Å². The van der Waals surface area contributed by atoms with Crippen molar-refractivity contribution in [1.82, 2.24) is 0 Å². The summed E-state index contributed by atoms with van der Waals surface area (Å²) in [5.74, 6) is -3.35. The van der Waals surface area contributed by atoms with Crippen molar-refractivity contribution in [2.75, 3.05) is 26.4 Å². The number of benzene rings is 2. The zero-order valence-corrected chi connectivity index (χ0v) is 30.3. The monoisotopic (exact) mass is 708 g/mol. The number of ether oxygens (including phenoxy) is 4. The van der Waals surface area contributed by atoms with Crippen LogP contribution in [0.15, 0.2) is 24.3 Å². The summed E-state index contributed by atoms with van der Waals surface area (Å²) in [6.45, 7) is 6.40. The van der Waals surface area contributed by atoms with Gasteiger partial charge in [0, 0.05) is 13.2 Å². The van der Waals surface area contributed by atoms with Crippen LogP contribution in [-0.4, -0.2) is 43.7 Å². The minimum Gasteiger partial charge on any atom is -0.505 e. The normalized spacial score (nSPS) is 21.6. The number of unbranched alkanes of at least 4 members (excludes halogenated alkanes) is 4. The van der Waals surface area contributed by atoms with E-state index in [2.05, 4.69) is 6.92 Å². The maximum absolute atomic E-state index is 14.4. The first kappa shape index (κ1) is 40.3. The molecule has 0 bridgehead atoms. The van der Waals surface area contributed by atoms with Gasteiger partial charge in [0.1, 0.15) is 0 Å². The second-order valence-electron chi connectivity index (χ2n) is 14.7. The first-order chi connectivity index (χ1) is 24.2. The third kappa shape index (κ3) is 13.2. The molecule has 0 spiro atoms. The quantitative estimate of drug-likeness (QED) is 0.0975. The second-order valence-corrected chi connectivity index (χ2v) is 14.7. The summed E-state index contributed by atoms with van der Waals surface area (Å²) in [4.78, 5) is 0. The maximum Gasteiger partial charge on any atom is 0.204 e. The zero-order chi connectivity index (χ0) is 35.7. The van der Waals surface area contributed by atoms with Gasteiger partial charge in [-0.05, 0) is 125 Å². The fraction of sp³-hybridized carbons (Fsp3) is 0.707. The van der Waals surface area contributed by atoms with Crippen LogP contribution >= 0.6 is 0 Å². The molecule has 0 amide bonds. The van der Waals surface area contributed by atoms with Gasteiger partial charge >= 0.3 is 0 Å². The molecular formula is C41H60F4O5. The second kappa shape index (κ2) is 21.8. The lowest BCUT2D eigenvalue weighted by atomic mass is 9.83. The smallest absolute Gasteiger partial charge is 0.204 e. The highest BCUT2D eigenvalue weighted by atomic mass is 19.2. The van der Waals surface area contributed by atoms with E-state index >= 15 is 0 Å². The summed E-state index contributed by atoms with van der Waals surface area (Å²) in [5.41, 5.74) is 0.439. The van der Waals surface area contributed by atoms with Gasteiger partial charge in [0.05, 0.1) is 25.4 Å². The number of phenolic OH excluding ortho intramolecular Hbond substituents is 1. The van der Waals surface area contributed by atoms with Crippen LogP contribution in [0.5, 0.6) is 17.2 Å². The average molecular weight is 709 g/mol. The van der Waals surface area contributed by atoms with Gasteiger partial charge in [-0.25, -0.2) is 4.39 Å². The molecule has 2 fully saturated rings. The highest BCUT2D eigenvalue weighted by Crippen LogP contribution is 2.32. The molecule has 282 valence electrons. The van der Waals surface area contributed by atoms with Crippen LogP contribution in [0.3, 0.4) is 0 Å². The molecule has 1 atom stereocenters. The average Bonchev–Trinajstić information content (AvgIpc) is 3.12. The molecule has 1 unspecified atom stereocenters. The van der Waals surface area contributed by atoms with Gasteiger partial charge in [-0.3, -0.25) is 0 Å². The minimum atomic E-state index is -1.27. The number of aryl methyl sites for hydroxylation is 1. The van der Waals surface area contributed by atoms with Crippen molar-refractivity contribution in [2.45, 2.75) is 142 Å².